The Labute approximate surface area is 86.8 Å². The van der Waals surface area contributed by atoms with Gasteiger partial charge in [0.05, 0.1) is 13.7 Å². The Morgan fingerprint density at radius 1 is 1.47 bits per heavy atom. The molecule has 1 N–H and O–H groups in total. The van der Waals surface area contributed by atoms with E-state index < -0.39 is 6.09 Å². The Morgan fingerprint density at radius 3 is 2.67 bits per heavy atom. The number of amides is 1. The summed E-state index contributed by atoms with van der Waals surface area (Å²) >= 11 is 0. The number of methoxy groups -OCH3 is 1. The molecule has 0 saturated carbocycles. The lowest BCUT2D eigenvalue weighted by molar-refractivity contribution is 0.187. The number of benzene rings is 1. The molecule has 0 aliphatic heterocycles. The Morgan fingerprint density at radius 2 is 2.13 bits per heavy atom. The van der Waals surface area contributed by atoms with Crippen molar-refractivity contribution in [1.82, 2.24) is 0 Å². The second kappa shape index (κ2) is 5.57. The van der Waals surface area contributed by atoms with Crippen LogP contribution in [0.5, 0.6) is 0 Å². The quantitative estimate of drug-likeness (QED) is 0.604. The maximum atomic E-state index is 10.8. The molecule has 0 aliphatic carbocycles. The van der Waals surface area contributed by atoms with Crippen LogP contribution < -0.4 is 5.32 Å². The lowest BCUT2D eigenvalue weighted by Gasteiger charge is -2.03. The molecule has 1 aromatic rings. The fourth-order valence-corrected chi connectivity index (χ4v) is 0.986. The first-order valence-electron chi connectivity index (χ1n) is 4.24. The molecule has 5 nitrogen and oxygen atoms in total. The molecule has 0 aromatic heterocycles. The summed E-state index contributed by atoms with van der Waals surface area (Å²) in [6, 6.07) is 6.91. The zero-order valence-corrected chi connectivity index (χ0v) is 8.19. The van der Waals surface area contributed by atoms with E-state index in [-0.39, 0.29) is 0 Å². The van der Waals surface area contributed by atoms with E-state index in [1.807, 2.05) is 0 Å². The summed E-state index contributed by atoms with van der Waals surface area (Å²) in [6.45, 7) is 0.294. The monoisotopic (exact) mass is 206 g/mol. The van der Waals surface area contributed by atoms with Crippen molar-refractivity contribution in [1.29, 1.82) is 0 Å². The molecule has 0 fully saturated rings. The third-order valence-corrected chi connectivity index (χ3v) is 1.71. The van der Waals surface area contributed by atoms with Gasteiger partial charge in [0.2, 0.25) is 6.08 Å². The van der Waals surface area contributed by atoms with Crippen molar-refractivity contribution >= 4 is 17.9 Å². The number of rotatable bonds is 3. The van der Waals surface area contributed by atoms with E-state index in [1.54, 1.807) is 24.3 Å². The van der Waals surface area contributed by atoms with Gasteiger partial charge >= 0.3 is 6.09 Å². The number of aliphatic imine (C=N–C) groups is 1. The third-order valence-electron chi connectivity index (χ3n) is 1.71. The Bertz CT molecular complexity index is 380. The van der Waals surface area contributed by atoms with E-state index in [1.165, 1.54) is 13.2 Å². The van der Waals surface area contributed by atoms with Crippen molar-refractivity contribution in [2.45, 2.75) is 6.54 Å². The second-order valence-electron chi connectivity index (χ2n) is 2.72. The van der Waals surface area contributed by atoms with E-state index in [0.29, 0.717) is 12.2 Å². The Balaban J connectivity index is 2.63. The van der Waals surface area contributed by atoms with Crippen molar-refractivity contribution in [3.05, 3.63) is 29.8 Å². The van der Waals surface area contributed by atoms with Gasteiger partial charge < -0.3 is 4.74 Å². The number of nitrogens with one attached hydrogen (secondary N) is 1. The summed E-state index contributed by atoms with van der Waals surface area (Å²) in [5, 5.41) is 2.51. The summed E-state index contributed by atoms with van der Waals surface area (Å²) in [5.41, 5.74) is 1.49. The largest absolute Gasteiger partial charge is 0.453 e. The zero-order valence-electron chi connectivity index (χ0n) is 8.19. The molecular weight excluding hydrogens is 196 g/mol. The van der Waals surface area contributed by atoms with Gasteiger partial charge in [0.15, 0.2) is 0 Å². The van der Waals surface area contributed by atoms with Gasteiger partial charge in [-0.05, 0) is 17.7 Å². The Kier molecular flexibility index (Phi) is 4.06. The molecule has 0 aliphatic rings. The number of carbonyl (C=O) groups excluding carboxylic acids is 2. The van der Waals surface area contributed by atoms with Gasteiger partial charge in [-0.1, -0.05) is 12.1 Å². The van der Waals surface area contributed by atoms with Crippen LogP contribution in [0.25, 0.3) is 0 Å². The van der Waals surface area contributed by atoms with E-state index in [0.717, 1.165) is 5.56 Å². The summed E-state index contributed by atoms with van der Waals surface area (Å²) in [5.74, 6) is 0. The van der Waals surface area contributed by atoms with Crippen molar-refractivity contribution in [3.8, 4) is 0 Å². The second-order valence-corrected chi connectivity index (χ2v) is 2.72. The first kappa shape index (κ1) is 10.9. The van der Waals surface area contributed by atoms with Gasteiger partial charge in [-0.2, -0.15) is 0 Å². The van der Waals surface area contributed by atoms with E-state index in [9.17, 15) is 9.59 Å². The van der Waals surface area contributed by atoms with Gasteiger partial charge in [-0.15, -0.1) is 0 Å². The molecule has 0 saturated heterocycles. The van der Waals surface area contributed by atoms with Crippen LogP contribution in [-0.2, 0) is 16.1 Å². The van der Waals surface area contributed by atoms with Crippen LogP contribution in [0.3, 0.4) is 0 Å². The third kappa shape index (κ3) is 3.62. The highest BCUT2D eigenvalue weighted by molar-refractivity contribution is 5.84. The molecule has 0 unspecified atom stereocenters. The van der Waals surface area contributed by atoms with E-state index in [2.05, 4.69) is 15.0 Å². The summed E-state index contributed by atoms with van der Waals surface area (Å²) in [6.07, 6.45) is 0.938. The van der Waals surface area contributed by atoms with Crippen molar-refractivity contribution < 1.29 is 14.3 Å². The maximum absolute atomic E-state index is 10.8. The smallest absolute Gasteiger partial charge is 0.411 e. The van der Waals surface area contributed by atoms with Crippen LogP contribution in [-0.4, -0.2) is 19.3 Å². The molecule has 0 heterocycles. The lowest BCUT2D eigenvalue weighted by Crippen LogP contribution is -2.10. The minimum absolute atomic E-state index is 0.294. The van der Waals surface area contributed by atoms with E-state index in [4.69, 9.17) is 0 Å². The van der Waals surface area contributed by atoms with Crippen molar-refractivity contribution in [3.63, 3.8) is 0 Å². The maximum Gasteiger partial charge on any atom is 0.411 e. The van der Waals surface area contributed by atoms with Crippen LogP contribution in [0, 0.1) is 0 Å². The van der Waals surface area contributed by atoms with Crippen molar-refractivity contribution in [2.75, 3.05) is 12.4 Å². The standard InChI is InChI=1S/C10H10N2O3/c1-15-10(14)12-9-4-2-8(3-5-9)6-11-7-13/h2-5H,6H2,1H3,(H,12,14). The molecule has 0 atom stereocenters. The predicted octanol–water partition coefficient (Wildman–Crippen LogP) is 1.70. The fourth-order valence-electron chi connectivity index (χ4n) is 0.986. The number of hydrogen-bond acceptors (Lipinski definition) is 4. The van der Waals surface area contributed by atoms with Gasteiger partial charge in [0.25, 0.3) is 0 Å². The summed E-state index contributed by atoms with van der Waals surface area (Å²) < 4.78 is 4.43. The number of anilines is 1. The normalized spacial score (nSPS) is 8.87. The minimum atomic E-state index is -0.520. The number of nitrogens with zero attached hydrogens (tertiary/aromatic N) is 1. The molecule has 5 heteroatoms. The van der Waals surface area contributed by atoms with Gasteiger partial charge in [0.1, 0.15) is 0 Å². The van der Waals surface area contributed by atoms with Gasteiger partial charge in [-0.25, -0.2) is 14.6 Å². The van der Waals surface area contributed by atoms with Crippen LogP contribution in [0.2, 0.25) is 0 Å². The highest BCUT2D eigenvalue weighted by atomic mass is 16.5. The van der Waals surface area contributed by atoms with Gasteiger partial charge in [0, 0.05) is 5.69 Å². The molecule has 15 heavy (non-hydrogen) atoms. The minimum Gasteiger partial charge on any atom is -0.453 e. The molecule has 1 rings (SSSR count). The molecule has 1 aromatic carbocycles. The SMILES string of the molecule is COC(=O)Nc1ccc(CN=C=O)cc1. The van der Waals surface area contributed by atoms with Crippen LogP contribution in [0.15, 0.2) is 29.3 Å². The average Bonchev–Trinajstić information content (AvgIpc) is 2.28. The summed E-state index contributed by atoms with van der Waals surface area (Å²) in [7, 11) is 1.29. The molecule has 0 radical (unpaired) electrons. The fraction of sp³-hybridized carbons (Fsp3) is 0.200. The molecule has 1 amide bonds. The molecule has 0 spiro atoms. The predicted molar refractivity (Wildman–Crippen MR) is 54.3 cm³/mol. The average molecular weight is 206 g/mol. The van der Waals surface area contributed by atoms with Crippen molar-refractivity contribution in [2.24, 2.45) is 4.99 Å². The number of isocyanates is 1. The summed E-state index contributed by atoms with van der Waals surface area (Å²) in [4.78, 5) is 24.1. The van der Waals surface area contributed by atoms with Gasteiger partial charge in [-0.3, -0.25) is 5.32 Å². The van der Waals surface area contributed by atoms with Crippen LogP contribution in [0.4, 0.5) is 10.5 Å². The van der Waals surface area contributed by atoms with Crippen LogP contribution in [0.1, 0.15) is 5.56 Å². The van der Waals surface area contributed by atoms with Crippen LogP contribution >= 0.6 is 0 Å². The highest BCUT2D eigenvalue weighted by Crippen LogP contribution is 2.10. The lowest BCUT2D eigenvalue weighted by atomic mass is 10.2. The number of ether oxygens (including phenoxy) is 1. The molecule has 78 valence electrons. The molecular formula is C10H10N2O3. The Hall–Kier alpha value is -2.13. The highest BCUT2D eigenvalue weighted by Gasteiger charge is 1.99. The number of carbonyl (C=O) groups is 1. The zero-order chi connectivity index (χ0) is 11.1. The number of hydrogen-bond donors (Lipinski definition) is 1. The first-order valence-corrected chi connectivity index (χ1v) is 4.24. The molecule has 0 bridgehead atoms. The topological polar surface area (TPSA) is 67.8 Å². The van der Waals surface area contributed by atoms with E-state index >= 15 is 0 Å². The first-order chi connectivity index (χ1) is 7.26.